The number of hydrogen-bond acceptors (Lipinski definition) is 7. The molecule has 4 heterocycles. The van der Waals surface area contributed by atoms with Crippen molar-refractivity contribution in [2.45, 2.75) is 6.42 Å². The molecule has 22 heavy (non-hydrogen) atoms. The van der Waals surface area contributed by atoms with E-state index in [2.05, 4.69) is 32.0 Å². The second-order valence-corrected chi connectivity index (χ2v) is 6.50. The molecule has 1 saturated heterocycles. The number of piperazine rings is 1. The van der Waals surface area contributed by atoms with E-state index >= 15 is 0 Å². The summed E-state index contributed by atoms with van der Waals surface area (Å²) in [4.78, 5) is 14.7. The summed E-state index contributed by atoms with van der Waals surface area (Å²) < 4.78 is 7.31. The lowest BCUT2D eigenvalue weighted by atomic mass is 10.3. The van der Waals surface area contributed by atoms with Crippen LogP contribution in [0.15, 0.2) is 22.3 Å². The van der Waals surface area contributed by atoms with Gasteiger partial charge in [0.1, 0.15) is 5.69 Å². The fourth-order valence-corrected chi connectivity index (χ4v) is 3.32. The predicted octanol–water partition coefficient (Wildman–Crippen LogP) is 1.24. The van der Waals surface area contributed by atoms with Crippen LogP contribution in [-0.4, -0.2) is 69.1 Å². The van der Waals surface area contributed by atoms with Gasteiger partial charge in [-0.25, -0.2) is 4.98 Å². The molecule has 4 rings (SSSR count). The van der Waals surface area contributed by atoms with Gasteiger partial charge in [0.25, 0.3) is 5.89 Å². The van der Waals surface area contributed by atoms with Gasteiger partial charge in [-0.2, -0.15) is 4.98 Å². The predicted molar refractivity (Wildman–Crippen MR) is 84.0 cm³/mol. The molecule has 0 atom stereocenters. The van der Waals surface area contributed by atoms with Gasteiger partial charge >= 0.3 is 0 Å². The Morgan fingerprint density at radius 1 is 1.23 bits per heavy atom. The number of likely N-dealkylation sites (N-methyl/N-ethyl adjacent to an activating group) is 1. The van der Waals surface area contributed by atoms with Crippen molar-refractivity contribution in [3.05, 3.63) is 23.6 Å². The van der Waals surface area contributed by atoms with Gasteiger partial charge in [-0.15, -0.1) is 11.3 Å². The van der Waals surface area contributed by atoms with Crippen molar-refractivity contribution in [3.63, 3.8) is 0 Å². The molecule has 0 radical (unpaired) electrons. The third-order valence-corrected chi connectivity index (χ3v) is 4.80. The molecule has 0 bridgehead atoms. The number of thiazole rings is 1. The molecule has 0 spiro atoms. The first kappa shape index (κ1) is 13.9. The zero-order valence-corrected chi connectivity index (χ0v) is 13.3. The molecule has 1 fully saturated rings. The molecule has 0 aromatic carbocycles. The Morgan fingerprint density at radius 2 is 2.09 bits per heavy atom. The topological polar surface area (TPSA) is 62.7 Å². The normalized spacial score (nSPS) is 17.5. The SMILES string of the molecule is CN1CCN(CCc2noc(-c3cn4ccsc4n3)n2)CC1. The molecule has 0 saturated carbocycles. The van der Waals surface area contributed by atoms with Gasteiger partial charge in [0.2, 0.25) is 0 Å². The van der Waals surface area contributed by atoms with Gasteiger partial charge in [-0.1, -0.05) is 5.16 Å². The first-order valence-electron chi connectivity index (χ1n) is 7.44. The van der Waals surface area contributed by atoms with Crippen LogP contribution in [0.2, 0.25) is 0 Å². The first-order valence-corrected chi connectivity index (χ1v) is 8.32. The van der Waals surface area contributed by atoms with Crippen molar-refractivity contribution < 1.29 is 4.52 Å². The van der Waals surface area contributed by atoms with Crippen molar-refractivity contribution in [1.29, 1.82) is 0 Å². The maximum absolute atomic E-state index is 5.35. The van der Waals surface area contributed by atoms with Crippen molar-refractivity contribution in [3.8, 4) is 11.6 Å². The fourth-order valence-electron chi connectivity index (χ4n) is 2.62. The molecular formula is C14H18N6OS. The Kier molecular flexibility index (Phi) is 3.65. The third kappa shape index (κ3) is 2.77. The van der Waals surface area contributed by atoms with Crippen molar-refractivity contribution in [2.24, 2.45) is 0 Å². The monoisotopic (exact) mass is 318 g/mol. The number of hydrogen-bond donors (Lipinski definition) is 0. The van der Waals surface area contributed by atoms with E-state index < -0.39 is 0 Å². The molecule has 1 aliphatic heterocycles. The lowest BCUT2D eigenvalue weighted by Gasteiger charge is -2.31. The summed E-state index contributed by atoms with van der Waals surface area (Å²) in [7, 11) is 2.17. The summed E-state index contributed by atoms with van der Waals surface area (Å²) in [5.74, 6) is 1.26. The zero-order valence-electron chi connectivity index (χ0n) is 12.5. The molecule has 0 amide bonds. The Labute approximate surface area is 132 Å². The standard InChI is InChI=1S/C14H18N6OS/c1-18-4-6-19(7-5-18)3-2-12-16-13(21-17-12)11-10-20-8-9-22-14(20)15-11/h8-10H,2-7H2,1H3. The molecule has 0 N–H and O–H groups in total. The van der Waals surface area contributed by atoms with Gasteiger partial charge in [0.15, 0.2) is 10.8 Å². The lowest BCUT2D eigenvalue weighted by molar-refractivity contribution is 0.154. The quantitative estimate of drug-likeness (QED) is 0.721. The maximum Gasteiger partial charge on any atom is 0.278 e. The summed E-state index contributed by atoms with van der Waals surface area (Å²) >= 11 is 1.59. The third-order valence-electron chi connectivity index (χ3n) is 4.03. The fraction of sp³-hybridized carbons (Fsp3) is 0.500. The minimum Gasteiger partial charge on any atom is -0.332 e. The highest BCUT2D eigenvalue weighted by molar-refractivity contribution is 7.15. The van der Waals surface area contributed by atoms with Crippen molar-refractivity contribution >= 4 is 16.3 Å². The van der Waals surface area contributed by atoms with Gasteiger partial charge in [-0.3, -0.25) is 4.40 Å². The van der Waals surface area contributed by atoms with Crippen LogP contribution in [0.3, 0.4) is 0 Å². The van der Waals surface area contributed by atoms with Crippen LogP contribution in [0.5, 0.6) is 0 Å². The Morgan fingerprint density at radius 3 is 2.91 bits per heavy atom. The van der Waals surface area contributed by atoms with Crippen molar-refractivity contribution in [1.82, 2.24) is 29.3 Å². The van der Waals surface area contributed by atoms with E-state index in [1.807, 2.05) is 22.2 Å². The van der Waals surface area contributed by atoms with Crippen LogP contribution < -0.4 is 0 Å². The molecule has 3 aromatic heterocycles. The van der Waals surface area contributed by atoms with Gasteiger partial charge in [0.05, 0.1) is 0 Å². The van der Waals surface area contributed by atoms with Crippen LogP contribution in [-0.2, 0) is 6.42 Å². The van der Waals surface area contributed by atoms with Gasteiger partial charge < -0.3 is 14.3 Å². The van der Waals surface area contributed by atoms with E-state index in [0.29, 0.717) is 5.89 Å². The number of nitrogens with zero attached hydrogens (tertiary/aromatic N) is 6. The average Bonchev–Trinajstić information content (AvgIpc) is 3.21. The van der Waals surface area contributed by atoms with Gasteiger partial charge in [0, 0.05) is 56.9 Å². The minimum atomic E-state index is 0.504. The van der Waals surface area contributed by atoms with Crippen LogP contribution in [0.4, 0.5) is 0 Å². The lowest BCUT2D eigenvalue weighted by Crippen LogP contribution is -2.45. The van der Waals surface area contributed by atoms with E-state index in [0.717, 1.165) is 55.6 Å². The molecule has 3 aromatic rings. The number of imidazole rings is 1. The Bertz CT molecular complexity index is 726. The average molecular weight is 318 g/mol. The largest absolute Gasteiger partial charge is 0.332 e. The number of rotatable bonds is 4. The minimum absolute atomic E-state index is 0.504. The number of fused-ring (bicyclic) bond motifs is 1. The smallest absolute Gasteiger partial charge is 0.278 e. The van der Waals surface area contributed by atoms with E-state index in [4.69, 9.17) is 4.52 Å². The van der Waals surface area contributed by atoms with Crippen molar-refractivity contribution in [2.75, 3.05) is 39.8 Å². The molecule has 0 aliphatic carbocycles. The second-order valence-electron chi connectivity index (χ2n) is 5.63. The Hall–Kier alpha value is -1.77. The molecule has 116 valence electrons. The molecule has 8 heteroatoms. The molecule has 0 unspecified atom stereocenters. The highest BCUT2D eigenvalue weighted by Gasteiger charge is 2.16. The van der Waals surface area contributed by atoms with Crippen LogP contribution >= 0.6 is 11.3 Å². The first-order chi connectivity index (χ1) is 10.8. The zero-order chi connectivity index (χ0) is 14.9. The molecule has 1 aliphatic rings. The van der Waals surface area contributed by atoms with Crippen LogP contribution in [0.1, 0.15) is 5.82 Å². The second kappa shape index (κ2) is 5.79. The molecule has 7 nitrogen and oxygen atoms in total. The highest BCUT2D eigenvalue weighted by atomic mass is 32.1. The van der Waals surface area contributed by atoms with E-state index in [-0.39, 0.29) is 0 Å². The summed E-state index contributed by atoms with van der Waals surface area (Å²) in [6.45, 7) is 5.45. The summed E-state index contributed by atoms with van der Waals surface area (Å²) in [5, 5.41) is 6.08. The van der Waals surface area contributed by atoms with E-state index in [9.17, 15) is 0 Å². The van der Waals surface area contributed by atoms with E-state index in [1.165, 1.54) is 0 Å². The van der Waals surface area contributed by atoms with Crippen LogP contribution in [0, 0.1) is 0 Å². The highest BCUT2D eigenvalue weighted by Crippen LogP contribution is 2.19. The summed E-state index contributed by atoms with van der Waals surface area (Å²) in [5.41, 5.74) is 0.741. The van der Waals surface area contributed by atoms with Gasteiger partial charge in [-0.05, 0) is 7.05 Å². The number of aromatic nitrogens is 4. The summed E-state index contributed by atoms with van der Waals surface area (Å²) in [6, 6.07) is 0. The summed E-state index contributed by atoms with van der Waals surface area (Å²) in [6.07, 6.45) is 4.71. The Balaban J connectivity index is 1.40. The van der Waals surface area contributed by atoms with E-state index in [1.54, 1.807) is 11.3 Å². The molecular weight excluding hydrogens is 300 g/mol. The van der Waals surface area contributed by atoms with Crippen LogP contribution in [0.25, 0.3) is 16.5 Å². The maximum atomic E-state index is 5.35.